The Morgan fingerprint density at radius 3 is 2.79 bits per heavy atom. The van der Waals surface area contributed by atoms with E-state index in [1.807, 2.05) is 18.2 Å². The summed E-state index contributed by atoms with van der Waals surface area (Å²) in [5, 5.41) is 2.91. The molecule has 0 spiro atoms. The third-order valence-electron chi connectivity index (χ3n) is 8.03. The molecular weight excluding hydrogens is 368 g/mol. The second-order valence-corrected chi connectivity index (χ2v) is 9.60. The Labute approximate surface area is 171 Å². The van der Waals surface area contributed by atoms with Crippen LogP contribution in [0.5, 0.6) is 0 Å². The fourth-order valence-electron chi connectivity index (χ4n) is 6.04. The van der Waals surface area contributed by atoms with Crippen molar-refractivity contribution in [1.82, 2.24) is 4.90 Å². The van der Waals surface area contributed by atoms with E-state index in [1.54, 1.807) is 7.11 Å². The van der Waals surface area contributed by atoms with E-state index in [0.29, 0.717) is 19.3 Å². The van der Waals surface area contributed by atoms with Gasteiger partial charge in [0.25, 0.3) is 0 Å². The van der Waals surface area contributed by atoms with Crippen LogP contribution in [-0.4, -0.2) is 62.1 Å². The molecule has 1 aromatic rings. The first-order chi connectivity index (χ1) is 13.9. The quantitative estimate of drug-likeness (QED) is 0.682. The summed E-state index contributed by atoms with van der Waals surface area (Å²) in [5.41, 5.74) is 2.67. The number of nitrogens with one attached hydrogen (secondary N) is 1. The first kappa shape index (κ1) is 19.2. The number of fused-ring (bicyclic) bond motifs is 2. The monoisotopic (exact) mass is 398 g/mol. The number of piperidine rings is 1. The Kier molecular flexibility index (Phi) is 4.39. The molecule has 6 nitrogen and oxygen atoms in total. The summed E-state index contributed by atoms with van der Waals surface area (Å²) in [6, 6.07) is 6.30. The molecule has 4 aliphatic rings. The minimum atomic E-state index is -0.192. The first-order valence-electron chi connectivity index (χ1n) is 10.7. The van der Waals surface area contributed by atoms with Crippen LogP contribution in [0.25, 0.3) is 0 Å². The van der Waals surface area contributed by atoms with Gasteiger partial charge in [0, 0.05) is 41.8 Å². The fourth-order valence-corrected chi connectivity index (χ4v) is 6.04. The lowest BCUT2D eigenvalue weighted by atomic mass is 9.35. The molecule has 1 saturated heterocycles. The van der Waals surface area contributed by atoms with Crippen molar-refractivity contribution < 1.29 is 19.1 Å². The number of ether oxygens (including phenoxy) is 2. The van der Waals surface area contributed by atoms with Crippen LogP contribution in [0.2, 0.25) is 0 Å². The number of amides is 1. The second kappa shape index (κ2) is 6.62. The average molecular weight is 399 g/mol. The summed E-state index contributed by atoms with van der Waals surface area (Å²) >= 11 is 0. The van der Waals surface area contributed by atoms with Gasteiger partial charge in [0.2, 0.25) is 5.91 Å². The third kappa shape index (κ3) is 2.65. The highest BCUT2D eigenvalue weighted by Crippen LogP contribution is 2.72. The van der Waals surface area contributed by atoms with Crippen LogP contribution in [0, 0.1) is 11.3 Å². The Morgan fingerprint density at radius 1 is 1.28 bits per heavy atom. The molecular formula is C23H30N2O4. The highest BCUT2D eigenvalue weighted by molar-refractivity contribution is 6.06. The van der Waals surface area contributed by atoms with Gasteiger partial charge in [0.1, 0.15) is 6.61 Å². The molecule has 6 heteroatoms. The average Bonchev–Trinajstić information content (AvgIpc) is 3.52. The number of ketones is 1. The second-order valence-electron chi connectivity index (χ2n) is 9.60. The number of carbonyl (C=O) groups excluding carboxylic acids is 2. The predicted octanol–water partition coefficient (Wildman–Crippen LogP) is 2.61. The van der Waals surface area contributed by atoms with Gasteiger partial charge in [0.15, 0.2) is 5.78 Å². The van der Waals surface area contributed by atoms with Crippen LogP contribution >= 0.6 is 0 Å². The van der Waals surface area contributed by atoms with E-state index in [0.717, 1.165) is 35.7 Å². The van der Waals surface area contributed by atoms with Crippen LogP contribution in [-0.2, 0) is 19.7 Å². The van der Waals surface area contributed by atoms with Gasteiger partial charge in [0.05, 0.1) is 19.3 Å². The molecule has 3 aliphatic carbocycles. The maximum Gasteiger partial charge on any atom is 0.250 e. The molecule has 4 atom stereocenters. The lowest BCUT2D eigenvalue weighted by Crippen LogP contribution is -2.87. The molecule has 0 bridgehead atoms. The van der Waals surface area contributed by atoms with Gasteiger partial charge >= 0.3 is 0 Å². The Balaban J connectivity index is 1.35. The topological polar surface area (TPSA) is 67.9 Å². The summed E-state index contributed by atoms with van der Waals surface area (Å²) in [4.78, 5) is 28.0. The van der Waals surface area contributed by atoms with Gasteiger partial charge in [-0.25, -0.2) is 0 Å². The van der Waals surface area contributed by atoms with E-state index in [9.17, 15) is 9.59 Å². The molecule has 1 heterocycles. The highest BCUT2D eigenvalue weighted by Gasteiger charge is 2.78. The van der Waals surface area contributed by atoms with Crippen LogP contribution in [0.4, 0.5) is 5.69 Å². The highest BCUT2D eigenvalue weighted by atomic mass is 16.5. The first-order valence-corrected chi connectivity index (χ1v) is 10.7. The minimum absolute atomic E-state index is 0.00532. The number of hydrogen-bond acceptors (Lipinski definition) is 5. The molecule has 3 fully saturated rings. The van der Waals surface area contributed by atoms with Crippen molar-refractivity contribution in [2.75, 3.05) is 38.8 Å². The van der Waals surface area contributed by atoms with Crippen molar-refractivity contribution >= 4 is 17.4 Å². The summed E-state index contributed by atoms with van der Waals surface area (Å²) in [6.07, 6.45) is 3.71. The van der Waals surface area contributed by atoms with Crippen LogP contribution < -0.4 is 5.32 Å². The Bertz CT molecular complexity index is 866. The number of rotatable bonds is 8. The largest absolute Gasteiger partial charge is 0.382 e. The van der Waals surface area contributed by atoms with E-state index in [2.05, 4.69) is 24.1 Å². The molecule has 156 valence electrons. The number of Topliss-reactive ketones (excluding diaryl/α,β-unsaturated/α-hetero) is 1. The predicted molar refractivity (Wildman–Crippen MR) is 109 cm³/mol. The molecule has 3 unspecified atom stereocenters. The minimum Gasteiger partial charge on any atom is -0.382 e. The molecule has 2 saturated carbocycles. The number of anilines is 1. The molecule has 1 amide bonds. The van der Waals surface area contributed by atoms with Gasteiger partial charge in [-0.05, 0) is 48.9 Å². The SMILES string of the molecule is COCCOCC(=O)Nc1ccc2c(c1)[C@]1(C)CC3N(CC4CC4)C(C2=O)C31C. The maximum atomic E-state index is 13.4. The standard InChI is InChI=1S/C23H30N2O4/c1-22-11-18-23(22,2)21(25(18)12-14-4-5-14)20(27)16-7-6-15(10-17(16)22)24-19(26)13-29-9-8-28-3/h6-7,10,14,18,21H,4-5,8-9,11-13H2,1-3H3,(H,24,26)/t18?,21?,22-,23?/m0/s1. The number of carbonyl (C=O) groups is 2. The summed E-state index contributed by atoms with van der Waals surface area (Å²) < 4.78 is 10.2. The van der Waals surface area contributed by atoms with E-state index >= 15 is 0 Å². The molecule has 1 aliphatic heterocycles. The fraction of sp³-hybridized carbons (Fsp3) is 0.652. The summed E-state index contributed by atoms with van der Waals surface area (Å²) in [5.74, 6) is 0.866. The van der Waals surface area contributed by atoms with E-state index in [-0.39, 0.29) is 35.2 Å². The summed E-state index contributed by atoms with van der Waals surface area (Å²) in [7, 11) is 1.60. The van der Waals surface area contributed by atoms with Crippen molar-refractivity contribution in [3.8, 4) is 0 Å². The zero-order valence-corrected chi connectivity index (χ0v) is 17.5. The van der Waals surface area contributed by atoms with Crippen LogP contribution in [0.1, 0.15) is 49.0 Å². The number of methoxy groups -OCH3 is 1. The molecule has 0 aromatic heterocycles. The van der Waals surface area contributed by atoms with Crippen LogP contribution in [0.3, 0.4) is 0 Å². The Morgan fingerprint density at radius 2 is 2.07 bits per heavy atom. The number of nitrogens with zero attached hydrogens (tertiary/aromatic N) is 1. The van der Waals surface area contributed by atoms with Gasteiger partial charge in [-0.15, -0.1) is 0 Å². The van der Waals surface area contributed by atoms with E-state index in [4.69, 9.17) is 9.47 Å². The van der Waals surface area contributed by atoms with Crippen molar-refractivity contribution in [2.45, 2.75) is 50.6 Å². The van der Waals surface area contributed by atoms with Crippen molar-refractivity contribution in [3.05, 3.63) is 29.3 Å². The molecule has 1 aromatic carbocycles. The third-order valence-corrected chi connectivity index (χ3v) is 8.03. The van der Waals surface area contributed by atoms with Gasteiger partial charge in [-0.1, -0.05) is 13.8 Å². The molecule has 0 radical (unpaired) electrons. The van der Waals surface area contributed by atoms with Gasteiger partial charge in [-0.3, -0.25) is 14.5 Å². The lowest BCUT2D eigenvalue weighted by Gasteiger charge is -2.79. The molecule has 5 rings (SSSR count). The van der Waals surface area contributed by atoms with Crippen molar-refractivity contribution in [1.29, 1.82) is 0 Å². The Hall–Kier alpha value is -1.76. The summed E-state index contributed by atoms with van der Waals surface area (Å²) in [6.45, 7) is 6.53. The van der Waals surface area contributed by atoms with E-state index < -0.39 is 0 Å². The van der Waals surface area contributed by atoms with Gasteiger partial charge < -0.3 is 14.8 Å². The van der Waals surface area contributed by atoms with Crippen LogP contribution in [0.15, 0.2) is 18.2 Å². The van der Waals surface area contributed by atoms with Crippen molar-refractivity contribution in [2.24, 2.45) is 11.3 Å². The smallest absolute Gasteiger partial charge is 0.250 e. The zero-order chi connectivity index (χ0) is 20.4. The normalized spacial score (nSPS) is 34.7. The maximum absolute atomic E-state index is 13.4. The number of hydrogen-bond donors (Lipinski definition) is 1. The molecule has 29 heavy (non-hydrogen) atoms. The lowest BCUT2D eigenvalue weighted by molar-refractivity contribution is -0.235. The molecule has 1 N–H and O–H groups in total. The van der Waals surface area contributed by atoms with Gasteiger partial charge in [-0.2, -0.15) is 0 Å². The number of likely N-dealkylation sites (tertiary alicyclic amines) is 1. The van der Waals surface area contributed by atoms with Crippen molar-refractivity contribution in [3.63, 3.8) is 0 Å². The zero-order valence-electron chi connectivity index (χ0n) is 17.5. The number of benzene rings is 1. The van der Waals surface area contributed by atoms with E-state index in [1.165, 1.54) is 12.8 Å².